The van der Waals surface area contributed by atoms with Crippen LogP contribution in [0.5, 0.6) is 0 Å². The lowest BCUT2D eigenvalue weighted by Crippen LogP contribution is -2.71. The number of nitrogen functional groups attached to an aromatic ring is 1. The number of nitrogens with two attached hydrogens (primary N) is 1. The molecule has 2 fully saturated rings. The monoisotopic (exact) mass is 568 g/mol. The lowest BCUT2D eigenvalue weighted by Gasteiger charge is -2.49. The van der Waals surface area contributed by atoms with Gasteiger partial charge in [-0.2, -0.15) is 0 Å². The van der Waals surface area contributed by atoms with E-state index in [0.29, 0.717) is 17.9 Å². The molecule has 39 heavy (non-hydrogen) atoms. The minimum Gasteiger partial charge on any atom is -0.477 e. The van der Waals surface area contributed by atoms with Crippen LogP contribution in [0.4, 0.5) is 5.13 Å². The van der Waals surface area contributed by atoms with Crippen molar-refractivity contribution in [2.45, 2.75) is 49.7 Å². The Morgan fingerprint density at radius 3 is 2.85 bits per heavy atom. The molecular weight excluding hydrogens is 542 g/mol. The zero-order valence-corrected chi connectivity index (χ0v) is 22.4. The van der Waals surface area contributed by atoms with Gasteiger partial charge < -0.3 is 21.0 Å². The van der Waals surface area contributed by atoms with Gasteiger partial charge in [0.25, 0.3) is 17.5 Å². The molecular formula is C25H26N7O5S2+. The Kier molecular flexibility index (Phi) is 6.73. The molecule has 6 rings (SSSR count). The number of carboxylic acid groups (broad SMARTS) is 1. The second-order valence-electron chi connectivity index (χ2n) is 9.53. The maximum Gasteiger partial charge on any atom is 0.352 e. The van der Waals surface area contributed by atoms with Gasteiger partial charge in [-0.15, -0.1) is 23.1 Å². The van der Waals surface area contributed by atoms with Crippen molar-refractivity contribution in [2.24, 2.45) is 5.16 Å². The number of aliphatic carboxylic acids is 1. The van der Waals surface area contributed by atoms with E-state index in [1.165, 1.54) is 28.0 Å². The van der Waals surface area contributed by atoms with Crippen molar-refractivity contribution < 1.29 is 28.9 Å². The minimum atomic E-state index is -1.18. The summed E-state index contributed by atoms with van der Waals surface area (Å²) in [5.41, 5.74) is 7.45. The fourth-order valence-corrected chi connectivity index (χ4v) is 7.00. The maximum atomic E-state index is 13.3. The summed E-state index contributed by atoms with van der Waals surface area (Å²) in [6.07, 6.45) is 9.39. The number of thioether (sulfide) groups is 1. The van der Waals surface area contributed by atoms with Gasteiger partial charge in [-0.25, -0.2) is 18.7 Å². The number of amides is 2. The van der Waals surface area contributed by atoms with E-state index in [-0.39, 0.29) is 28.3 Å². The molecule has 1 saturated heterocycles. The number of β-lactam (4-membered cyclic amide) rings is 1. The third-order valence-corrected chi connectivity index (χ3v) is 9.06. The highest BCUT2D eigenvalue weighted by atomic mass is 32.2. The SMILES string of the molecule is Nc1nc(/C(=N/OC2CCCC2)C(=O)N[C@@H]2C(=O)N3C(C(=O)O)=C(C[n+]4ccn5ccccc54)CS[C@H]23)cs1. The average molecular weight is 569 g/mol. The van der Waals surface area contributed by atoms with Gasteiger partial charge in [0.2, 0.25) is 0 Å². The highest BCUT2D eigenvalue weighted by Gasteiger charge is 2.54. The van der Waals surface area contributed by atoms with Crippen molar-refractivity contribution in [3.8, 4) is 0 Å². The third-order valence-electron chi connectivity index (χ3n) is 7.04. The summed E-state index contributed by atoms with van der Waals surface area (Å²) >= 11 is 2.58. The molecule has 0 bridgehead atoms. The van der Waals surface area contributed by atoms with Crippen LogP contribution < -0.4 is 15.6 Å². The van der Waals surface area contributed by atoms with Crippen LogP contribution >= 0.6 is 23.1 Å². The van der Waals surface area contributed by atoms with E-state index in [1.54, 1.807) is 5.38 Å². The fourth-order valence-electron chi connectivity index (χ4n) is 5.12. The number of hydrogen-bond acceptors (Lipinski definition) is 9. The van der Waals surface area contributed by atoms with Crippen molar-refractivity contribution >= 4 is 57.4 Å². The first kappa shape index (κ1) is 25.4. The molecule has 3 aromatic heterocycles. The van der Waals surface area contributed by atoms with E-state index in [9.17, 15) is 19.5 Å². The van der Waals surface area contributed by atoms with Crippen LogP contribution in [0.15, 0.2) is 58.6 Å². The number of nitrogens with one attached hydrogen (secondary N) is 1. The second-order valence-corrected chi connectivity index (χ2v) is 11.5. The summed E-state index contributed by atoms with van der Waals surface area (Å²) in [6.45, 7) is 0.323. The van der Waals surface area contributed by atoms with Gasteiger partial charge in [0.1, 0.15) is 47.8 Å². The average Bonchev–Trinajstić information content (AvgIpc) is 3.69. The number of carboxylic acids is 1. The minimum absolute atomic E-state index is 0.0391. The number of anilines is 1. The second kappa shape index (κ2) is 10.3. The third kappa shape index (κ3) is 4.74. The van der Waals surface area contributed by atoms with Gasteiger partial charge in [-0.1, -0.05) is 11.2 Å². The molecule has 0 unspecified atom stereocenters. The van der Waals surface area contributed by atoms with Crippen LogP contribution in [0.25, 0.3) is 5.65 Å². The Morgan fingerprint density at radius 1 is 1.28 bits per heavy atom. The van der Waals surface area contributed by atoms with Crippen LogP contribution in [0.1, 0.15) is 31.4 Å². The van der Waals surface area contributed by atoms with Crippen molar-refractivity contribution in [1.82, 2.24) is 19.6 Å². The van der Waals surface area contributed by atoms with E-state index < -0.39 is 29.2 Å². The molecule has 12 nitrogen and oxygen atoms in total. The number of nitrogens with zero attached hydrogens (tertiary/aromatic N) is 5. The Balaban J connectivity index is 1.21. The lowest BCUT2D eigenvalue weighted by atomic mass is 10.0. The molecule has 0 aromatic carbocycles. The van der Waals surface area contributed by atoms with E-state index >= 15 is 0 Å². The summed E-state index contributed by atoms with van der Waals surface area (Å²) < 4.78 is 3.88. The number of hydrogen-bond donors (Lipinski definition) is 3. The van der Waals surface area contributed by atoms with Gasteiger partial charge in [0.15, 0.2) is 10.8 Å². The zero-order valence-electron chi connectivity index (χ0n) is 20.7. The zero-order chi connectivity index (χ0) is 27.1. The molecule has 202 valence electrons. The first-order valence-corrected chi connectivity index (χ1v) is 14.4. The van der Waals surface area contributed by atoms with E-state index in [0.717, 1.165) is 31.3 Å². The van der Waals surface area contributed by atoms with Gasteiger partial charge in [0, 0.05) is 22.8 Å². The topological polar surface area (TPSA) is 155 Å². The summed E-state index contributed by atoms with van der Waals surface area (Å²) in [5, 5.41) is 18.2. The highest BCUT2D eigenvalue weighted by Crippen LogP contribution is 2.40. The molecule has 4 N–H and O–H groups in total. The van der Waals surface area contributed by atoms with Crippen LogP contribution in [-0.2, 0) is 25.8 Å². The van der Waals surface area contributed by atoms with Crippen LogP contribution in [0.2, 0.25) is 0 Å². The molecule has 1 aliphatic carbocycles. The normalized spacial score (nSPS) is 21.7. The van der Waals surface area contributed by atoms with E-state index in [1.807, 2.05) is 45.8 Å². The number of thiazole rings is 1. The number of pyridine rings is 1. The number of aromatic nitrogens is 3. The molecule has 2 amide bonds. The Labute approximate surface area is 231 Å². The maximum absolute atomic E-state index is 13.3. The Bertz CT molecular complexity index is 1520. The first-order chi connectivity index (χ1) is 18.9. The van der Waals surface area contributed by atoms with Crippen molar-refractivity contribution in [2.75, 3.05) is 11.5 Å². The standard InChI is InChI=1S/C25H25N7O5S2/c26-25-27-16(13-39-25)18(29-37-15-5-1-2-6-15)21(33)28-19-22(34)32-20(24(35)36)14(12-38-23(19)32)11-31-10-9-30-8-4-3-7-17(30)31/h3-4,7-10,13,15,19,23H,1-2,5-6,11-12H2,(H3-,26,27,28,33,35,36)/p+1/b29-18-/t19-,23-/m1/s1. The van der Waals surface area contributed by atoms with Crippen molar-refractivity contribution in [3.63, 3.8) is 0 Å². The molecule has 5 heterocycles. The highest BCUT2D eigenvalue weighted by molar-refractivity contribution is 8.00. The predicted molar refractivity (Wildman–Crippen MR) is 144 cm³/mol. The summed E-state index contributed by atoms with van der Waals surface area (Å²) in [7, 11) is 0. The van der Waals surface area contributed by atoms with E-state index in [2.05, 4.69) is 15.5 Å². The number of carbonyl (C=O) groups is 3. The number of imidazole rings is 1. The van der Waals surface area contributed by atoms with Gasteiger partial charge >= 0.3 is 5.97 Å². The Morgan fingerprint density at radius 2 is 2.10 bits per heavy atom. The summed E-state index contributed by atoms with van der Waals surface area (Å²) in [5.74, 6) is -1.90. The fraction of sp³-hybridized carbons (Fsp3) is 0.360. The van der Waals surface area contributed by atoms with Gasteiger partial charge in [-0.05, 0) is 31.7 Å². The van der Waals surface area contributed by atoms with Crippen LogP contribution in [0, 0.1) is 0 Å². The Hall–Kier alpha value is -3.91. The largest absolute Gasteiger partial charge is 0.477 e. The smallest absolute Gasteiger partial charge is 0.352 e. The van der Waals surface area contributed by atoms with Crippen molar-refractivity contribution in [1.29, 1.82) is 0 Å². The molecule has 0 radical (unpaired) electrons. The van der Waals surface area contributed by atoms with Gasteiger partial charge in [0.05, 0.1) is 6.20 Å². The van der Waals surface area contributed by atoms with E-state index in [4.69, 9.17) is 10.6 Å². The molecule has 14 heteroatoms. The molecule has 3 aliphatic rings. The quantitative estimate of drug-likeness (QED) is 0.159. The van der Waals surface area contributed by atoms with Gasteiger partial charge in [-0.3, -0.25) is 14.5 Å². The first-order valence-electron chi connectivity index (χ1n) is 12.5. The summed E-state index contributed by atoms with van der Waals surface area (Å²) in [4.78, 5) is 49.9. The molecule has 3 aromatic rings. The molecule has 2 aliphatic heterocycles. The lowest BCUT2D eigenvalue weighted by molar-refractivity contribution is -0.662. The number of fused-ring (bicyclic) bond motifs is 2. The molecule has 0 spiro atoms. The van der Waals surface area contributed by atoms with Crippen molar-refractivity contribution in [3.05, 3.63) is 59.1 Å². The predicted octanol–water partition coefficient (Wildman–Crippen LogP) is 1.37. The molecule has 2 atom stereocenters. The number of carbonyl (C=O) groups excluding carboxylic acids is 2. The number of rotatable bonds is 8. The summed E-state index contributed by atoms with van der Waals surface area (Å²) in [6, 6.07) is 4.85. The van der Waals surface area contributed by atoms with Crippen LogP contribution in [-0.4, -0.2) is 66.2 Å². The van der Waals surface area contributed by atoms with Crippen LogP contribution in [0.3, 0.4) is 0 Å². The number of oxime groups is 1. The molecule has 1 saturated carbocycles.